The maximum atomic E-state index is 11.5. The molecule has 1 atom stereocenters. The van der Waals surface area contributed by atoms with Gasteiger partial charge in [0, 0.05) is 6.54 Å². The SMILES string of the molecule is CC(CNS(=O)(=O)c1cccs1)ON. The second-order valence-electron chi connectivity index (χ2n) is 2.73. The third kappa shape index (κ3) is 3.03. The fourth-order valence-electron chi connectivity index (χ4n) is 0.763. The van der Waals surface area contributed by atoms with Crippen molar-refractivity contribution in [1.82, 2.24) is 4.72 Å². The van der Waals surface area contributed by atoms with Crippen LogP contribution in [0.1, 0.15) is 6.92 Å². The minimum Gasteiger partial charge on any atom is -0.300 e. The van der Waals surface area contributed by atoms with Gasteiger partial charge in [-0.25, -0.2) is 19.0 Å². The van der Waals surface area contributed by atoms with Crippen LogP contribution in [0.3, 0.4) is 0 Å². The van der Waals surface area contributed by atoms with Gasteiger partial charge in [0.2, 0.25) is 10.0 Å². The second kappa shape index (κ2) is 4.85. The summed E-state index contributed by atoms with van der Waals surface area (Å²) in [5, 5.41) is 1.71. The molecule has 0 saturated carbocycles. The molecule has 0 aromatic carbocycles. The molecule has 5 nitrogen and oxygen atoms in total. The van der Waals surface area contributed by atoms with Crippen molar-refractivity contribution in [2.45, 2.75) is 17.2 Å². The van der Waals surface area contributed by atoms with Crippen molar-refractivity contribution in [3.8, 4) is 0 Å². The van der Waals surface area contributed by atoms with Gasteiger partial charge in [0.1, 0.15) is 4.21 Å². The number of hydrogen-bond acceptors (Lipinski definition) is 5. The van der Waals surface area contributed by atoms with Crippen LogP contribution in [-0.2, 0) is 14.9 Å². The topological polar surface area (TPSA) is 81.4 Å². The van der Waals surface area contributed by atoms with E-state index in [4.69, 9.17) is 5.90 Å². The minimum atomic E-state index is -3.39. The van der Waals surface area contributed by atoms with Gasteiger partial charge in [-0.2, -0.15) is 0 Å². The molecule has 1 unspecified atom stereocenters. The normalized spacial score (nSPS) is 14.1. The molecule has 1 aromatic heterocycles. The molecule has 0 radical (unpaired) electrons. The summed E-state index contributed by atoms with van der Waals surface area (Å²) in [6.45, 7) is 1.84. The summed E-state index contributed by atoms with van der Waals surface area (Å²) < 4.78 is 25.7. The van der Waals surface area contributed by atoms with Gasteiger partial charge in [-0.05, 0) is 18.4 Å². The Hall–Kier alpha value is -0.470. The molecule has 0 spiro atoms. The number of rotatable bonds is 5. The Bertz CT molecular complexity index is 360. The van der Waals surface area contributed by atoms with Gasteiger partial charge < -0.3 is 4.84 Å². The predicted octanol–water partition coefficient (Wildman–Crippen LogP) is 0.305. The molecule has 3 N–H and O–H groups in total. The van der Waals surface area contributed by atoms with E-state index >= 15 is 0 Å². The maximum absolute atomic E-state index is 11.5. The van der Waals surface area contributed by atoms with Crippen molar-refractivity contribution >= 4 is 21.4 Å². The van der Waals surface area contributed by atoms with Crippen molar-refractivity contribution in [1.29, 1.82) is 0 Å². The number of nitrogens with one attached hydrogen (secondary N) is 1. The van der Waals surface area contributed by atoms with Crippen LogP contribution >= 0.6 is 11.3 Å². The first-order chi connectivity index (χ1) is 6.56. The Kier molecular flexibility index (Phi) is 4.02. The molecule has 7 heteroatoms. The van der Waals surface area contributed by atoms with Gasteiger partial charge in [0.25, 0.3) is 0 Å². The number of hydrogen-bond donors (Lipinski definition) is 2. The van der Waals surface area contributed by atoms with Crippen LogP contribution in [0.5, 0.6) is 0 Å². The van der Waals surface area contributed by atoms with Crippen molar-refractivity contribution in [2.75, 3.05) is 6.54 Å². The molecule has 0 aliphatic carbocycles. The van der Waals surface area contributed by atoms with E-state index in [0.717, 1.165) is 0 Å². The van der Waals surface area contributed by atoms with Gasteiger partial charge in [-0.15, -0.1) is 11.3 Å². The molecular formula is C7H12N2O3S2. The minimum absolute atomic E-state index is 0.163. The van der Waals surface area contributed by atoms with Crippen molar-refractivity contribution < 1.29 is 13.3 Å². The molecule has 0 aliphatic rings. The van der Waals surface area contributed by atoms with Crippen molar-refractivity contribution in [3.63, 3.8) is 0 Å². The van der Waals surface area contributed by atoms with Crippen LogP contribution in [0, 0.1) is 0 Å². The van der Waals surface area contributed by atoms with Gasteiger partial charge in [0.05, 0.1) is 6.10 Å². The van der Waals surface area contributed by atoms with E-state index in [1.165, 1.54) is 11.3 Å². The summed E-state index contributed by atoms with van der Waals surface area (Å²) in [5.74, 6) is 4.89. The lowest BCUT2D eigenvalue weighted by Gasteiger charge is -2.09. The van der Waals surface area contributed by atoms with Crippen LogP contribution in [0.15, 0.2) is 21.7 Å². The van der Waals surface area contributed by atoms with Crippen LogP contribution in [0.4, 0.5) is 0 Å². The van der Waals surface area contributed by atoms with Gasteiger partial charge in [0.15, 0.2) is 0 Å². The molecule has 1 aromatic rings. The highest BCUT2D eigenvalue weighted by molar-refractivity contribution is 7.91. The number of sulfonamides is 1. The molecule has 0 amide bonds. The van der Waals surface area contributed by atoms with Gasteiger partial charge in [-0.3, -0.25) is 0 Å². The summed E-state index contributed by atoms with van der Waals surface area (Å²) in [6.07, 6.45) is -0.343. The zero-order valence-corrected chi connectivity index (χ0v) is 9.27. The lowest BCUT2D eigenvalue weighted by atomic mass is 10.4. The van der Waals surface area contributed by atoms with Crippen LogP contribution in [0.25, 0.3) is 0 Å². The van der Waals surface area contributed by atoms with E-state index < -0.39 is 10.0 Å². The second-order valence-corrected chi connectivity index (χ2v) is 5.67. The quantitative estimate of drug-likeness (QED) is 0.721. The first kappa shape index (κ1) is 11.6. The Morgan fingerprint density at radius 1 is 1.71 bits per heavy atom. The third-order valence-electron chi connectivity index (χ3n) is 1.55. The zero-order valence-electron chi connectivity index (χ0n) is 7.64. The van der Waals surface area contributed by atoms with E-state index in [1.54, 1.807) is 24.4 Å². The molecule has 0 aliphatic heterocycles. The number of nitrogens with two attached hydrogens (primary N) is 1. The van der Waals surface area contributed by atoms with Crippen LogP contribution in [-0.4, -0.2) is 21.1 Å². The summed E-state index contributed by atoms with van der Waals surface area (Å²) in [4.78, 5) is 4.44. The highest BCUT2D eigenvalue weighted by Gasteiger charge is 2.15. The molecule has 14 heavy (non-hydrogen) atoms. The predicted molar refractivity (Wildman–Crippen MR) is 54.2 cm³/mol. The van der Waals surface area contributed by atoms with Crippen LogP contribution in [0.2, 0.25) is 0 Å². The standard InChI is InChI=1S/C7H12N2O3S2/c1-6(12-8)5-9-14(10,11)7-3-2-4-13-7/h2-4,6,9H,5,8H2,1H3. The Morgan fingerprint density at radius 2 is 2.43 bits per heavy atom. The lowest BCUT2D eigenvalue weighted by Crippen LogP contribution is -2.32. The summed E-state index contributed by atoms with van der Waals surface area (Å²) >= 11 is 1.17. The summed E-state index contributed by atoms with van der Waals surface area (Å²) in [5.41, 5.74) is 0. The van der Waals surface area contributed by atoms with Gasteiger partial charge in [-0.1, -0.05) is 6.07 Å². The zero-order chi connectivity index (χ0) is 10.6. The molecular weight excluding hydrogens is 224 g/mol. The molecule has 0 bridgehead atoms. The molecule has 0 fully saturated rings. The first-order valence-corrected chi connectivity index (χ1v) is 6.31. The third-order valence-corrected chi connectivity index (χ3v) is 4.37. The van der Waals surface area contributed by atoms with E-state index in [-0.39, 0.29) is 12.6 Å². The first-order valence-electron chi connectivity index (χ1n) is 3.95. The van der Waals surface area contributed by atoms with Crippen molar-refractivity contribution in [2.24, 2.45) is 5.90 Å². The van der Waals surface area contributed by atoms with E-state index in [2.05, 4.69) is 9.56 Å². The fourth-order valence-corrected chi connectivity index (χ4v) is 2.92. The smallest absolute Gasteiger partial charge is 0.250 e. The summed E-state index contributed by atoms with van der Waals surface area (Å²) in [7, 11) is -3.39. The Balaban J connectivity index is 2.60. The van der Waals surface area contributed by atoms with E-state index in [1.807, 2.05) is 0 Å². The molecule has 1 rings (SSSR count). The maximum Gasteiger partial charge on any atom is 0.250 e. The monoisotopic (exact) mass is 236 g/mol. The highest BCUT2D eigenvalue weighted by atomic mass is 32.2. The number of thiophene rings is 1. The fraction of sp³-hybridized carbons (Fsp3) is 0.429. The highest BCUT2D eigenvalue weighted by Crippen LogP contribution is 2.14. The Labute approximate surface area is 86.9 Å². The average molecular weight is 236 g/mol. The largest absolute Gasteiger partial charge is 0.300 e. The van der Waals surface area contributed by atoms with Crippen molar-refractivity contribution in [3.05, 3.63) is 17.5 Å². The lowest BCUT2D eigenvalue weighted by molar-refractivity contribution is 0.0703. The Morgan fingerprint density at radius 3 is 2.93 bits per heavy atom. The van der Waals surface area contributed by atoms with Crippen LogP contribution < -0.4 is 10.6 Å². The molecule has 0 saturated heterocycles. The summed E-state index contributed by atoms with van der Waals surface area (Å²) in [6, 6.07) is 3.23. The van der Waals surface area contributed by atoms with Gasteiger partial charge >= 0.3 is 0 Å². The average Bonchev–Trinajstić information content (AvgIpc) is 2.67. The molecule has 1 heterocycles. The molecule has 80 valence electrons. The van der Waals surface area contributed by atoms with E-state index in [0.29, 0.717) is 4.21 Å². The van der Waals surface area contributed by atoms with E-state index in [9.17, 15) is 8.42 Å².